The molecular formula is C9H11ClN2. The Morgan fingerprint density at radius 1 is 1.42 bits per heavy atom. The second-order valence-corrected chi connectivity index (χ2v) is 2.61. The summed E-state index contributed by atoms with van der Waals surface area (Å²) in [6.07, 6.45) is 2.80. The van der Waals surface area contributed by atoms with Crippen molar-refractivity contribution in [3.05, 3.63) is 30.1 Å². The van der Waals surface area contributed by atoms with Crippen molar-refractivity contribution in [1.29, 1.82) is 0 Å². The fraction of sp³-hybridized carbons (Fsp3) is 0.222. The van der Waals surface area contributed by atoms with Crippen LogP contribution in [0, 0.1) is 0 Å². The molecule has 0 spiro atoms. The molecule has 0 amide bonds. The fourth-order valence-corrected chi connectivity index (χ4v) is 1.20. The maximum absolute atomic E-state index is 4.17. The number of hydrogen-bond donors (Lipinski definition) is 1. The summed E-state index contributed by atoms with van der Waals surface area (Å²) in [5.41, 5.74) is 3.51. The van der Waals surface area contributed by atoms with Crippen LogP contribution >= 0.6 is 12.4 Å². The van der Waals surface area contributed by atoms with Crippen LogP contribution in [0.15, 0.2) is 24.5 Å². The first-order valence-electron chi connectivity index (χ1n) is 3.82. The number of nitrogens with zero attached hydrogens (tertiary/aromatic N) is 1. The second kappa shape index (κ2) is 3.59. The van der Waals surface area contributed by atoms with E-state index in [1.807, 2.05) is 0 Å². The summed E-state index contributed by atoms with van der Waals surface area (Å²) in [5, 5.41) is 0. The summed E-state index contributed by atoms with van der Waals surface area (Å²) in [6, 6.07) is 6.31. The Morgan fingerprint density at radius 3 is 3.00 bits per heavy atom. The summed E-state index contributed by atoms with van der Waals surface area (Å²) in [5.74, 6) is 0. The molecule has 12 heavy (non-hydrogen) atoms. The largest absolute Gasteiger partial charge is 0.345 e. The Kier molecular flexibility index (Phi) is 2.71. The number of aromatic amines is 1. The summed E-state index contributed by atoms with van der Waals surface area (Å²) in [7, 11) is 0. The molecule has 0 aliphatic rings. The maximum atomic E-state index is 4.17. The van der Waals surface area contributed by atoms with E-state index in [0.717, 1.165) is 17.5 Å². The van der Waals surface area contributed by atoms with Gasteiger partial charge in [0.1, 0.15) is 0 Å². The topological polar surface area (TPSA) is 28.7 Å². The first kappa shape index (κ1) is 9.07. The molecule has 0 saturated carbocycles. The first-order valence-corrected chi connectivity index (χ1v) is 3.82. The molecule has 0 aliphatic heterocycles. The van der Waals surface area contributed by atoms with Gasteiger partial charge >= 0.3 is 0 Å². The zero-order valence-corrected chi connectivity index (χ0v) is 7.69. The summed E-state index contributed by atoms with van der Waals surface area (Å²) in [6.45, 7) is 2.15. The first-order chi connectivity index (χ1) is 5.40. The Bertz CT molecular complexity index is 367. The molecule has 0 atom stereocenters. The van der Waals surface area contributed by atoms with Crippen LogP contribution in [0.25, 0.3) is 11.0 Å². The molecule has 1 aromatic carbocycles. The highest BCUT2D eigenvalue weighted by Gasteiger charge is 1.94. The van der Waals surface area contributed by atoms with Crippen LogP contribution < -0.4 is 0 Å². The number of H-pyrrole nitrogens is 1. The van der Waals surface area contributed by atoms with E-state index in [0.29, 0.717) is 0 Å². The van der Waals surface area contributed by atoms with Gasteiger partial charge in [-0.2, -0.15) is 0 Å². The summed E-state index contributed by atoms with van der Waals surface area (Å²) < 4.78 is 0. The maximum Gasteiger partial charge on any atom is 0.0931 e. The van der Waals surface area contributed by atoms with E-state index in [2.05, 4.69) is 35.1 Å². The molecule has 0 fully saturated rings. The second-order valence-electron chi connectivity index (χ2n) is 2.61. The highest BCUT2D eigenvalue weighted by atomic mass is 35.5. The zero-order valence-electron chi connectivity index (χ0n) is 6.87. The lowest BCUT2D eigenvalue weighted by Gasteiger charge is -1.93. The molecule has 2 nitrogen and oxygen atoms in total. The molecule has 1 heterocycles. The number of fused-ring (bicyclic) bond motifs is 1. The molecule has 0 aliphatic carbocycles. The van der Waals surface area contributed by atoms with Crippen molar-refractivity contribution in [2.24, 2.45) is 0 Å². The van der Waals surface area contributed by atoms with Gasteiger partial charge in [-0.05, 0) is 24.1 Å². The average molecular weight is 183 g/mol. The van der Waals surface area contributed by atoms with Gasteiger partial charge in [-0.1, -0.05) is 13.0 Å². The third-order valence-electron chi connectivity index (χ3n) is 1.89. The van der Waals surface area contributed by atoms with Crippen molar-refractivity contribution in [3.63, 3.8) is 0 Å². The Balaban J connectivity index is 0.000000720. The lowest BCUT2D eigenvalue weighted by atomic mass is 10.1. The highest BCUT2D eigenvalue weighted by molar-refractivity contribution is 5.85. The third kappa shape index (κ3) is 1.43. The minimum Gasteiger partial charge on any atom is -0.345 e. The zero-order chi connectivity index (χ0) is 7.68. The lowest BCUT2D eigenvalue weighted by Crippen LogP contribution is -1.78. The van der Waals surface area contributed by atoms with Crippen LogP contribution in [0.4, 0.5) is 0 Å². The number of rotatable bonds is 1. The van der Waals surface area contributed by atoms with Crippen molar-refractivity contribution in [2.75, 3.05) is 0 Å². The molecule has 2 aromatic rings. The van der Waals surface area contributed by atoms with Gasteiger partial charge in [0.25, 0.3) is 0 Å². The van der Waals surface area contributed by atoms with Gasteiger partial charge in [-0.15, -0.1) is 12.4 Å². The van der Waals surface area contributed by atoms with Crippen molar-refractivity contribution >= 4 is 23.4 Å². The molecule has 0 unspecified atom stereocenters. The molecule has 0 saturated heterocycles. The van der Waals surface area contributed by atoms with Crippen LogP contribution in [-0.2, 0) is 6.42 Å². The average Bonchev–Trinajstić information content (AvgIpc) is 2.50. The van der Waals surface area contributed by atoms with Gasteiger partial charge < -0.3 is 4.98 Å². The number of imidazole rings is 1. The molecule has 3 heteroatoms. The van der Waals surface area contributed by atoms with E-state index >= 15 is 0 Å². The Morgan fingerprint density at radius 2 is 2.25 bits per heavy atom. The normalized spacial score (nSPS) is 9.75. The number of nitrogens with one attached hydrogen (secondary N) is 1. The highest BCUT2D eigenvalue weighted by Crippen LogP contribution is 2.11. The summed E-state index contributed by atoms with van der Waals surface area (Å²) in [4.78, 5) is 7.23. The monoisotopic (exact) mass is 182 g/mol. The molecule has 0 bridgehead atoms. The minimum atomic E-state index is 0. The van der Waals surface area contributed by atoms with E-state index in [1.165, 1.54) is 5.56 Å². The van der Waals surface area contributed by atoms with Crippen LogP contribution in [0.2, 0.25) is 0 Å². The fourth-order valence-electron chi connectivity index (χ4n) is 1.20. The van der Waals surface area contributed by atoms with Crippen molar-refractivity contribution in [2.45, 2.75) is 13.3 Å². The predicted octanol–water partition coefficient (Wildman–Crippen LogP) is 2.55. The van der Waals surface area contributed by atoms with Crippen LogP contribution in [0.3, 0.4) is 0 Å². The molecular weight excluding hydrogens is 172 g/mol. The van der Waals surface area contributed by atoms with Crippen LogP contribution in [0.5, 0.6) is 0 Å². The van der Waals surface area contributed by atoms with Crippen molar-refractivity contribution < 1.29 is 0 Å². The van der Waals surface area contributed by atoms with E-state index in [1.54, 1.807) is 6.33 Å². The third-order valence-corrected chi connectivity index (χ3v) is 1.89. The van der Waals surface area contributed by atoms with E-state index in [-0.39, 0.29) is 12.4 Å². The van der Waals surface area contributed by atoms with Crippen molar-refractivity contribution in [1.82, 2.24) is 9.97 Å². The smallest absolute Gasteiger partial charge is 0.0931 e. The van der Waals surface area contributed by atoms with E-state index < -0.39 is 0 Å². The van der Waals surface area contributed by atoms with Gasteiger partial charge in [-0.3, -0.25) is 0 Å². The minimum absolute atomic E-state index is 0. The molecule has 0 radical (unpaired) electrons. The molecule has 2 rings (SSSR count). The Labute approximate surface area is 77.4 Å². The molecule has 1 N–H and O–H groups in total. The van der Waals surface area contributed by atoms with Gasteiger partial charge in [0.05, 0.1) is 17.4 Å². The number of hydrogen-bond acceptors (Lipinski definition) is 1. The van der Waals surface area contributed by atoms with E-state index in [9.17, 15) is 0 Å². The van der Waals surface area contributed by atoms with Crippen LogP contribution in [-0.4, -0.2) is 9.97 Å². The SMILES string of the molecule is CCc1ccc2[nH]cnc2c1.Cl. The van der Waals surface area contributed by atoms with E-state index in [4.69, 9.17) is 0 Å². The lowest BCUT2D eigenvalue weighted by molar-refractivity contribution is 1.14. The molecule has 1 aromatic heterocycles. The van der Waals surface area contributed by atoms with Gasteiger partial charge in [-0.25, -0.2) is 4.98 Å². The number of benzene rings is 1. The number of aryl methyl sites for hydroxylation is 1. The van der Waals surface area contributed by atoms with Gasteiger partial charge in [0, 0.05) is 0 Å². The summed E-state index contributed by atoms with van der Waals surface area (Å²) >= 11 is 0. The predicted molar refractivity (Wildman–Crippen MR) is 52.7 cm³/mol. The van der Waals surface area contributed by atoms with Gasteiger partial charge in [0.15, 0.2) is 0 Å². The molecule has 64 valence electrons. The number of halogens is 1. The van der Waals surface area contributed by atoms with Gasteiger partial charge in [0.2, 0.25) is 0 Å². The Hall–Kier alpha value is -1.02. The number of aromatic nitrogens is 2. The van der Waals surface area contributed by atoms with Crippen LogP contribution in [0.1, 0.15) is 12.5 Å². The van der Waals surface area contributed by atoms with Crippen molar-refractivity contribution in [3.8, 4) is 0 Å². The quantitative estimate of drug-likeness (QED) is 0.722. The standard InChI is InChI=1S/C9H10N2.ClH/c1-2-7-3-4-8-9(5-7)11-6-10-8;/h3-6H,2H2,1H3,(H,10,11);1H.